The average molecular weight is 296 g/mol. The number of rotatable bonds is 4. The zero-order chi connectivity index (χ0) is 15.3. The minimum absolute atomic E-state index is 0.128. The number of aliphatic imine (C=N–C) groups is 1. The number of aliphatic hydroxyl groups is 1. The number of nitrogens with zero attached hydrogens (tertiary/aromatic N) is 2. The van der Waals surface area contributed by atoms with Crippen LogP contribution in [0.2, 0.25) is 0 Å². The highest BCUT2D eigenvalue weighted by Gasteiger charge is 2.34. The largest absolute Gasteiger partial charge is 0.388 e. The topological polar surface area (TPSA) is 77.0 Å². The van der Waals surface area contributed by atoms with Gasteiger partial charge in [0.15, 0.2) is 5.96 Å². The van der Waals surface area contributed by atoms with Gasteiger partial charge in [-0.3, -0.25) is 9.79 Å². The average Bonchev–Trinajstić information content (AvgIpc) is 2.47. The van der Waals surface area contributed by atoms with Gasteiger partial charge in [0.05, 0.1) is 5.60 Å². The number of hydrogen-bond donors (Lipinski definition) is 3. The molecular formula is C15H28N4O2. The molecule has 0 spiro atoms. The van der Waals surface area contributed by atoms with Gasteiger partial charge in [0.25, 0.3) is 0 Å². The van der Waals surface area contributed by atoms with Crippen LogP contribution in [0.5, 0.6) is 0 Å². The first-order valence-electron chi connectivity index (χ1n) is 7.95. The second kappa shape index (κ2) is 7.11. The Hall–Kier alpha value is -1.30. The van der Waals surface area contributed by atoms with Crippen LogP contribution < -0.4 is 10.6 Å². The lowest BCUT2D eigenvalue weighted by atomic mass is 9.80. The normalized spacial score (nSPS) is 22.6. The standard InChI is InChI=1S/C15H28N4O2/c1-16-13(20)10-12-4-8-19(9-5-12)14(17-2)18-11-15(21)6-3-7-15/h12,21H,3-11H2,1-2H3,(H,16,20)(H,17,18). The molecule has 120 valence electrons. The van der Waals surface area contributed by atoms with E-state index in [1.807, 2.05) is 0 Å². The first kappa shape index (κ1) is 16.1. The second-order valence-electron chi connectivity index (χ2n) is 6.29. The lowest BCUT2D eigenvalue weighted by molar-refractivity contribution is -0.121. The molecule has 0 radical (unpaired) electrons. The van der Waals surface area contributed by atoms with Gasteiger partial charge in [0, 0.05) is 40.2 Å². The van der Waals surface area contributed by atoms with Crippen LogP contribution in [0.25, 0.3) is 0 Å². The van der Waals surface area contributed by atoms with E-state index < -0.39 is 5.60 Å². The molecule has 3 N–H and O–H groups in total. The summed E-state index contributed by atoms with van der Waals surface area (Å²) in [6, 6.07) is 0. The maximum absolute atomic E-state index is 11.4. The molecule has 2 aliphatic rings. The molecule has 2 fully saturated rings. The number of guanidine groups is 1. The van der Waals surface area contributed by atoms with Gasteiger partial charge >= 0.3 is 0 Å². The fourth-order valence-electron chi connectivity index (χ4n) is 3.05. The number of nitrogens with one attached hydrogen (secondary N) is 2. The third-order valence-corrected chi connectivity index (χ3v) is 4.74. The predicted octanol–water partition coefficient (Wildman–Crippen LogP) is 0.325. The highest BCUT2D eigenvalue weighted by atomic mass is 16.3. The van der Waals surface area contributed by atoms with Crippen molar-refractivity contribution in [1.29, 1.82) is 0 Å². The van der Waals surface area contributed by atoms with Crippen LogP contribution in [0.15, 0.2) is 4.99 Å². The summed E-state index contributed by atoms with van der Waals surface area (Å²) in [4.78, 5) is 18.0. The fraction of sp³-hybridized carbons (Fsp3) is 0.867. The van der Waals surface area contributed by atoms with Crippen LogP contribution in [-0.4, -0.2) is 61.2 Å². The molecule has 0 aromatic rings. The lowest BCUT2D eigenvalue weighted by Crippen LogP contribution is -2.53. The minimum Gasteiger partial charge on any atom is -0.388 e. The summed E-state index contributed by atoms with van der Waals surface area (Å²) in [5.41, 5.74) is -0.534. The van der Waals surface area contributed by atoms with Crippen LogP contribution in [0.4, 0.5) is 0 Å². The molecule has 1 aliphatic heterocycles. The molecule has 1 aliphatic carbocycles. The van der Waals surface area contributed by atoms with Crippen molar-refractivity contribution >= 4 is 11.9 Å². The zero-order valence-electron chi connectivity index (χ0n) is 13.2. The van der Waals surface area contributed by atoms with E-state index in [9.17, 15) is 9.90 Å². The van der Waals surface area contributed by atoms with E-state index in [0.717, 1.165) is 51.2 Å². The Balaban J connectivity index is 1.75. The molecule has 0 aromatic carbocycles. The molecule has 1 heterocycles. The molecule has 2 rings (SSSR count). The number of carbonyl (C=O) groups excluding carboxylic acids is 1. The minimum atomic E-state index is -0.534. The number of amides is 1. The van der Waals surface area contributed by atoms with Crippen molar-refractivity contribution in [2.24, 2.45) is 10.9 Å². The van der Waals surface area contributed by atoms with Crippen molar-refractivity contribution in [3.63, 3.8) is 0 Å². The van der Waals surface area contributed by atoms with Crippen molar-refractivity contribution in [1.82, 2.24) is 15.5 Å². The molecule has 6 heteroatoms. The number of likely N-dealkylation sites (tertiary alicyclic amines) is 1. The summed E-state index contributed by atoms with van der Waals surface area (Å²) in [6.07, 6.45) is 5.52. The van der Waals surface area contributed by atoms with Gasteiger partial charge in [-0.15, -0.1) is 0 Å². The molecule has 0 unspecified atom stereocenters. The highest BCUT2D eigenvalue weighted by Crippen LogP contribution is 2.30. The van der Waals surface area contributed by atoms with E-state index in [2.05, 4.69) is 20.5 Å². The zero-order valence-corrected chi connectivity index (χ0v) is 13.2. The first-order valence-corrected chi connectivity index (χ1v) is 7.95. The summed E-state index contributed by atoms with van der Waals surface area (Å²) in [5, 5.41) is 16.1. The van der Waals surface area contributed by atoms with E-state index in [1.54, 1.807) is 14.1 Å². The molecule has 1 saturated heterocycles. The SMILES string of the molecule is CN=C(NCC1(O)CCC1)N1CCC(CC(=O)NC)CC1. The molecular weight excluding hydrogens is 268 g/mol. The summed E-state index contributed by atoms with van der Waals surface area (Å²) in [7, 11) is 3.47. The Bertz CT molecular complexity index is 385. The van der Waals surface area contributed by atoms with Crippen molar-refractivity contribution < 1.29 is 9.90 Å². The Morgan fingerprint density at radius 3 is 2.52 bits per heavy atom. The first-order chi connectivity index (χ1) is 10.1. The summed E-state index contributed by atoms with van der Waals surface area (Å²) in [5.74, 6) is 1.46. The van der Waals surface area contributed by atoms with Gasteiger partial charge in [0.2, 0.25) is 5.91 Å². The van der Waals surface area contributed by atoms with Crippen LogP contribution >= 0.6 is 0 Å². The molecule has 21 heavy (non-hydrogen) atoms. The van der Waals surface area contributed by atoms with Gasteiger partial charge in [0.1, 0.15) is 0 Å². The predicted molar refractivity (Wildman–Crippen MR) is 83.1 cm³/mol. The molecule has 0 atom stereocenters. The van der Waals surface area contributed by atoms with Gasteiger partial charge in [-0.1, -0.05) is 0 Å². The van der Waals surface area contributed by atoms with Crippen molar-refractivity contribution in [3.05, 3.63) is 0 Å². The van der Waals surface area contributed by atoms with Crippen LogP contribution in [0.3, 0.4) is 0 Å². The van der Waals surface area contributed by atoms with E-state index in [1.165, 1.54) is 0 Å². The summed E-state index contributed by atoms with van der Waals surface area (Å²) < 4.78 is 0. The van der Waals surface area contributed by atoms with Crippen molar-refractivity contribution in [2.75, 3.05) is 33.7 Å². The quantitative estimate of drug-likeness (QED) is 0.516. The maximum atomic E-state index is 11.4. The number of piperidine rings is 1. The maximum Gasteiger partial charge on any atom is 0.220 e. The smallest absolute Gasteiger partial charge is 0.220 e. The van der Waals surface area contributed by atoms with Gasteiger partial charge in [-0.05, 0) is 38.0 Å². The second-order valence-corrected chi connectivity index (χ2v) is 6.29. The van der Waals surface area contributed by atoms with Gasteiger partial charge in [-0.25, -0.2) is 0 Å². The Morgan fingerprint density at radius 2 is 2.05 bits per heavy atom. The highest BCUT2D eigenvalue weighted by molar-refractivity contribution is 5.80. The summed E-state index contributed by atoms with van der Waals surface area (Å²) in [6.45, 7) is 2.41. The van der Waals surface area contributed by atoms with E-state index in [4.69, 9.17) is 0 Å². The Kier molecular flexibility index (Phi) is 5.45. The van der Waals surface area contributed by atoms with Crippen LogP contribution in [-0.2, 0) is 4.79 Å². The van der Waals surface area contributed by atoms with Crippen LogP contribution in [0.1, 0.15) is 38.5 Å². The number of hydrogen-bond acceptors (Lipinski definition) is 3. The molecule has 6 nitrogen and oxygen atoms in total. The monoisotopic (exact) mass is 296 g/mol. The summed E-state index contributed by atoms with van der Waals surface area (Å²) >= 11 is 0. The Morgan fingerprint density at radius 1 is 1.38 bits per heavy atom. The third kappa shape index (κ3) is 4.33. The molecule has 0 aromatic heterocycles. The van der Waals surface area contributed by atoms with E-state index in [0.29, 0.717) is 18.9 Å². The molecule has 1 saturated carbocycles. The fourth-order valence-corrected chi connectivity index (χ4v) is 3.05. The van der Waals surface area contributed by atoms with Crippen molar-refractivity contribution in [2.45, 2.75) is 44.1 Å². The van der Waals surface area contributed by atoms with Crippen LogP contribution in [0, 0.1) is 5.92 Å². The molecule has 1 amide bonds. The Labute approximate surface area is 127 Å². The lowest BCUT2D eigenvalue weighted by Gasteiger charge is -2.39. The van der Waals surface area contributed by atoms with E-state index in [-0.39, 0.29) is 5.91 Å². The molecule has 0 bridgehead atoms. The van der Waals surface area contributed by atoms with Gasteiger partial charge in [-0.2, -0.15) is 0 Å². The van der Waals surface area contributed by atoms with E-state index >= 15 is 0 Å². The van der Waals surface area contributed by atoms with Gasteiger partial charge < -0.3 is 20.6 Å². The van der Waals surface area contributed by atoms with Crippen molar-refractivity contribution in [3.8, 4) is 0 Å². The number of carbonyl (C=O) groups is 1. The third-order valence-electron chi connectivity index (χ3n) is 4.74.